The Morgan fingerprint density at radius 2 is 1.43 bits per heavy atom. The Kier molecular flexibility index (Phi) is 3.37. The van der Waals surface area contributed by atoms with E-state index in [1.807, 2.05) is 12.1 Å². The van der Waals surface area contributed by atoms with Crippen LogP contribution in [0.4, 0.5) is 0 Å². The van der Waals surface area contributed by atoms with Gasteiger partial charge < -0.3 is 9.13 Å². The molecular weight excluding hydrogens is 366 g/mol. The fraction of sp³-hybridized carbons (Fsp3) is 0.0741. The normalized spacial score (nSPS) is 11.6. The fourth-order valence-electron chi connectivity index (χ4n) is 4.84. The van der Waals surface area contributed by atoms with Gasteiger partial charge in [-0.3, -0.25) is 0 Å². The van der Waals surface area contributed by atoms with Crippen molar-refractivity contribution in [1.29, 1.82) is 5.26 Å². The maximum atomic E-state index is 9.84. The summed E-state index contributed by atoms with van der Waals surface area (Å²) in [5.41, 5.74) is 7.51. The van der Waals surface area contributed by atoms with E-state index in [2.05, 4.69) is 95.9 Å². The summed E-state index contributed by atoms with van der Waals surface area (Å²) < 4.78 is 4.48. The third-order valence-electron chi connectivity index (χ3n) is 6.22. The Bertz CT molecular complexity index is 1670. The summed E-state index contributed by atoms with van der Waals surface area (Å²) in [5.74, 6) is 0. The van der Waals surface area contributed by atoms with Gasteiger partial charge in [0.15, 0.2) is 0 Å². The van der Waals surface area contributed by atoms with Crippen LogP contribution in [0.15, 0.2) is 78.9 Å². The Morgan fingerprint density at radius 1 is 0.700 bits per heavy atom. The Morgan fingerprint density at radius 3 is 2.30 bits per heavy atom. The van der Waals surface area contributed by atoms with Crippen LogP contribution in [0.3, 0.4) is 0 Å². The minimum Gasteiger partial charge on any atom is -0.344 e. The number of fused-ring (bicyclic) bond motifs is 6. The van der Waals surface area contributed by atoms with Gasteiger partial charge in [-0.2, -0.15) is 5.26 Å². The molecule has 0 fully saturated rings. The lowest BCUT2D eigenvalue weighted by Crippen LogP contribution is -1.96. The quantitative estimate of drug-likeness (QED) is 0.313. The van der Waals surface area contributed by atoms with Crippen LogP contribution >= 0.6 is 0 Å². The van der Waals surface area contributed by atoms with Crippen LogP contribution in [-0.2, 0) is 7.05 Å². The second kappa shape index (κ2) is 5.98. The molecule has 0 aliphatic rings. The lowest BCUT2D eigenvalue weighted by atomic mass is 10.1. The van der Waals surface area contributed by atoms with Crippen LogP contribution in [0, 0.1) is 18.3 Å². The third kappa shape index (κ3) is 2.13. The predicted octanol–water partition coefficient (Wildman–Crippen LogP) is 6.61. The smallest absolute Gasteiger partial charge is 0.101 e. The van der Waals surface area contributed by atoms with Crippen molar-refractivity contribution < 1.29 is 0 Å². The van der Waals surface area contributed by atoms with Gasteiger partial charge in [0.25, 0.3) is 0 Å². The van der Waals surface area contributed by atoms with Crippen LogP contribution < -0.4 is 0 Å². The first-order valence-corrected chi connectivity index (χ1v) is 10.1. The monoisotopic (exact) mass is 385 g/mol. The molecule has 0 saturated heterocycles. The van der Waals surface area contributed by atoms with E-state index in [-0.39, 0.29) is 0 Å². The largest absolute Gasteiger partial charge is 0.344 e. The van der Waals surface area contributed by atoms with Gasteiger partial charge in [-0.15, -0.1) is 0 Å². The van der Waals surface area contributed by atoms with E-state index < -0.39 is 0 Å². The molecule has 6 rings (SSSR count). The van der Waals surface area contributed by atoms with Crippen molar-refractivity contribution in [3.8, 4) is 11.8 Å². The molecular formula is C27H19N3. The summed E-state index contributed by atoms with van der Waals surface area (Å²) in [5, 5.41) is 14.6. The summed E-state index contributed by atoms with van der Waals surface area (Å²) >= 11 is 0. The average Bonchev–Trinajstić information content (AvgIpc) is 3.26. The summed E-state index contributed by atoms with van der Waals surface area (Å²) in [6.45, 7) is 2.11. The Balaban J connectivity index is 1.79. The molecule has 0 bridgehead atoms. The van der Waals surface area contributed by atoms with Crippen LogP contribution in [0.1, 0.15) is 11.1 Å². The van der Waals surface area contributed by atoms with Crippen molar-refractivity contribution in [2.75, 3.05) is 0 Å². The molecule has 0 unspecified atom stereocenters. The molecule has 2 aromatic heterocycles. The van der Waals surface area contributed by atoms with Crippen molar-refractivity contribution in [1.82, 2.24) is 9.13 Å². The molecule has 0 aliphatic heterocycles. The van der Waals surface area contributed by atoms with Gasteiger partial charge in [0, 0.05) is 45.3 Å². The lowest BCUT2D eigenvalue weighted by molar-refractivity contribution is 1.01. The van der Waals surface area contributed by atoms with Crippen molar-refractivity contribution in [2.24, 2.45) is 7.05 Å². The van der Waals surface area contributed by atoms with Gasteiger partial charge in [0.2, 0.25) is 0 Å². The molecule has 0 amide bonds. The molecule has 30 heavy (non-hydrogen) atoms. The third-order valence-corrected chi connectivity index (χ3v) is 6.22. The zero-order chi connectivity index (χ0) is 20.4. The maximum absolute atomic E-state index is 9.84. The van der Waals surface area contributed by atoms with E-state index in [1.54, 1.807) is 0 Å². The Labute approximate surface area is 174 Å². The lowest BCUT2D eigenvalue weighted by Gasteiger charge is -2.10. The molecule has 3 nitrogen and oxygen atoms in total. The van der Waals surface area contributed by atoms with Gasteiger partial charge in [-0.1, -0.05) is 42.0 Å². The first-order valence-electron chi connectivity index (χ1n) is 10.1. The number of hydrogen-bond acceptors (Lipinski definition) is 1. The molecule has 142 valence electrons. The number of aromatic nitrogens is 2. The number of para-hydroxylation sites is 2. The number of hydrogen-bond donors (Lipinski definition) is 0. The molecule has 0 spiro atoms. The summed E-state index contributed by atoms with van der Waals surface area (Å²) in [6, 6.07) is 30.0. The van der Waals surface area contributed by atoms with Crippen LogP contribution in [0.5, 0.6) is 0 Å². The number of nitrogens with zero attached hydrogens (tertiary/aromatic N) is 3. The molecule has 2 heterocycles. The van der Waals surface area contributed by atoms with Crippen LogP contribution in [0.25, 0.3) is 49.3 Å². The second-order valence-electron chi connectivity index (χ2n) is 7.95. The fourth-order valence-corrected chi connectivity index (χ4v) is 4.84. The molecule has 6 aromatic rings. The van der Waals surface area contributed by atoms with Gasteiger partial charge in [-0.25, -0.2) is 0 Å². The zero-order valence-corrected chi connectivity index (χ0v) is 16.8. The number of rotatable bonds is 1. The standard InChI is InChI=1S/C27H19N3/c1-17-10-12-26-22(14-17)21-8-5-6-18(16-28)27(21)30(26)19-11-13-25-23(15-19)20-7-3-4-9-24(20)29(25)2/h3-15H,1-2H3. The zero-order valence-electron chi connectivity index (χ0n) is 16.8. The molecule has 0 radical (unpaired) electrons. The van der Waals surface area contributed by atoms with Gasteiger partial charge in [0.05, 0.1) is 16.6 Å². The molecule has 4 aromatic carbocycles. The minimum atomic E-state index is 0.694. The molecule has 0 saturated carbocycles. The summed E-state index contributed by atoms with van der Waals surface area (Å²) in [7, 11) is 2.11. The van der Waals surface area contributed by atoms with Crippen LogP contribution in [-0.4, -0.2) is 9.13 Å². The van der Waals surface area contributed by atoms with E-state index in [1.165, 1.54) is 32.8 Å². The molecule has 0 atom stereocenters. The first-order chi connectivity index (χ1) is 14.7. The van der Waals surface area contributed by atoms with Crippen molar-refractivity contribution in [3.05, 3.63) is 90.0 Å². The average molecular weight is 385 g/mol. The molecule has 0 N–H and O–H groups in total. The first kappa shape index (κ1) is 16.9. The second-order valence-corrected chi connectivity index (χ2v) is 7.95. The topological polar surface area (TPSA) is 33.6 Å². The van der Waals surface area contributed by atoms with E-state index in [4.69, 9.17) is 0 Å². The summed E-state index contributed by atoms with van der Waals surface area (Å²) in [6.07, 6.45) is 0. The van der Waals surface area contributed by atoms with Gasteiger partial charge >= 0.3 is 0 Å². The highest BCUT2D eigenvalue weighted by atomic mass is 15.0. The highest BCUT2D eigenvalue weighted by Crippen LogP contribution is 2.36. The van der Waals surface area contributed by atoms with Crippen LogP contribution in [0.2, 0.25) is 0 Å². The van der Waals surface area contributed by atoms with Gasteiger partial charge in [0.1, 0.15) is 6.07 Å². The van der Waals surface area contributed by atoms with Crippen molar-refractivity contribution >= 4 is 43.6 Å². The number of benzene rings is 4. The number of nitriles is 1. The predicted molar refractivity (Wildman–Crippen MR) is 124 cm³/mol. The highest BCUT2D eigenvalue weighted by Gasteiger charge is 2.17. The van der Waals surface area contributed by atoms with Crippen molar-refractivity contribution in [3.63, 3.8) is 0 Å². The summed E-state index contributed by atoms with van der Waals surface area (Å²) in [4.78, 5) is 0. The SMILES string of the molecule is Cc1ccc2c(c1)c1cccc(C#N)c1n2-c1ccc2c(c1)c1ccccc1n2C. The molecule has 0 aliphatic carbocycles. The van der Waals surface area contributed by atoms with E-state index >= 15 is 0 Å². The van der Waals surface area contributed by atoms with Gasteiger partial charge in [-0.05, 0) is 49.4 Å². The van der Waals surface area contributed by atoms with Crippen molar-refractivity contribution in [2.45, 2.75) is 6.92 Å². The molecule has 3 heteroatoms. The van der Waals surface area contributed by atoms with E-state index in [9.17, 15) is 5.26 Å². The maximum Gasteiger partial charge on any atom is 0.101 e. The minimum absolute atomic E-state index is 0.694. The highest BCUT2D eigenvalue weighted by molar-refractivity contribution is 6.12. The number of aryl methyl sites for hydroxylation is 2. The Hall–Kier alpha value is -4.03. The van der Waals surface area contributed by atoms with E-state index in [0.29, 0.717) is 5.56 Å². The van der Waals surface area contributed by atoms with E-state index in [0.717, 1.165) is 22.1 Å².